The molecule has 0 saturated carbocycles. The Bertz CT molecular complexity index is 1080. The molecule has 0 N–H and O–H groups in total. The van der Waals surface area contributed by atoms with Crippen LogP contribution in [-0.2, 0) is 11.2 Å². The molecule has 1 heterocycles. The molecular weight excluding hydrogens is 372 g/mol. The summed E-state index contributed by atoms with van der Waals surface area (Å²) in [5.41, 5.74) is 3.91. The van der Waals surface area contributed by atoms with Crippen molar-refractivity contribution in [3.63, 3.8) is 0 Å². The van der Waals surface area contributed by atoms with Crippen LogP contribution in [0.5, 0.6) is 5.75 Å². The molecule has 0 radical (unpaired) electrons. The molecule has 1 amide bonds. The number of amides is 1. The molecule has 1 aliphatic carbocycles. The van der Waals surface area contributed by atoms with Crippen LogP contribution in [0.25, 0.3) is 6.08 Å². The zero-order valence-corrected chi connectivity index (χ0v) is 16.3. The number of carbonyl (C=O) groups excluding carboxylic acids is 2. The van der Waals surface area contributed by atoms with Gasteiger partial charge in [0.15, 0.2) is 10.9 Å². The zero-order valence-electron chi connectivity index (χ0n) is 15.5. The molecule has 0 spiro atoms. The number of rotatable bonds is 4. The highest BCUT2D eigenvalue weighted by Crippen LogP contribution is 2.32. The van der Waals surface area contributed by atoms with E-state index >= 15 is 0 Å². The smallest absolute Gasteiger partial charge is 0.230 e. The van der Waals surface area contributed by atoms with Gasteiger partial charge in [0, 0.05) is 29.9 Å². The van der Waals surface area contributed by atoms with Gasteiger partial charge < -0.3 is 4.74 Å². The van der Waals surface area contributed by atoms with Gasteiger partial charge in [-0.2, -0.15) is 0 Å². The monoisotopic (exact) mass is 390 g/mol. The second-order valence-electron chi connectivity index (χ2n) is 6.44. The number of fused-ring (bicyclic) bond motifs is 1. The maximum Gasteiger partial charge on any atom is 0.230 e. The summed E-state index contributed by atoms with van der Waals surface area (Å²) in [6.45, 7) is 1.50. The van der Waals surface area contributed by atoms with E-state index in [-0.39, 0.29) is 11.7 Å². The van der Waals surface area contributed by atoms with Crippen molar-refractivity contribution in [2.45, 2.75) is 13.3 Å². The minimum Gasteiger partial charge on any atom is -0.497 e. The van der Waals surface area contributed by atoms with Crippen molar-refractivity contribution in [3.8, 4) is 5.75 Å². The summed E-state index contributed by atoms with van der Waals surface area (Å²) in [7, 11) is 1.60. The normalized spacial score (nSPS) is 14.2. The van der Waals surface area contributed by atoms with Crippen LogP contribution in [0.1, 0.15) is 28.5 Å². The SMILES string of the molecule is COc1ccc(N(C(C)=O)c2nc(/C=C3\Cc4ccccc4C3=O)cs2)cc1. The molecule has 0 aliphatic heterocycles. The fourth-order valence-corrected chi connectivity index (χ4v) is 4.10. The minimum absolute atomic E-state index is 0.0451. The molecule has 140 valence electrons. The Morgan fingerprint density at radius 2 is 1.93 bits per heavy atom. The van der Waals surface area contributed by atoms with E-state index in [1.165, 1.54) is 18.3 Å². The summed E-state index contributed by atoms with van der Waals surface area (Å²) in [4.78, 5) is 30.9. The molecule has 0 atom stereocenters. The van der Waals surface area contributed by atoms with E-state index in [4.69, 9.17) is 4.74 Å². The Kier molecular flexibility index (Phi) is 4.79. The number of ketones is 1. The van der Waals surface area contributed by atoms with Crippen LogP contribution in [0.2, 0.25) is 0 Å². The molecule has 1 aliphatic rings. The van der Waals surface area contributed by atoms with Gasteiger partial charge in [0.05, 0.1) is 18.5 Å². The summed E-state index contributed by atoms with van der Waals surface area (Å²) < 4.78 is 5.17. The lowest BCUT2D eigenvalue weighted by Crippen LogP contribution is -2.22. The van der Waals surface area contributed by atoms with Gasteiger partial charge in [-0.1, -0.05) is 24.3 Å². The third kappa shape index (κ3) is 3.34. The van der Waals surface area contributed by atoms with Gasteiger partial charge in [0.25, 0.3) is 0 Å². The minimum atomic E-state index is -0.136. The molecule has 0 fully saturated rings. The molecular formula is C22H18N2O3S. The van der Waals surface area contributed by atoms with Crippen molar-refractivity contribution in [1.29, 1.82) is 0 Å². The summed E-state index contributed by atoms with van der Waals surface area (Å²) in [5, 5.41) is 2.42. The maximum atomic E-state index is 12.6. The average Bonchev–Trinajstić information content (AvgIpc) is 3.28. The van der Waals surface area contributed by atoms with E-state index < -0.39 is 0 Å². The molecule has 0 unspecified atom stereocenters. The Hall–Kier alpha value is -3.25. The molecule has 5 nitrogen and oxygen atoms in total. The first-order chi connectivity index (χ1) is 13.6. The number of hydrogen-bond acceptors (Lipinski definition) is 5. The third-order valence-electron chi connectivity index (χ3n) is 4.60. The number of carbonyl (C=O) groups is 2. The molecule has 0 bridgehead atoms. The number of allylic oxidation sites excluding steroid dienone is 1. The maximum absolute atomic E-state index is 12.6. The Labute approximate surface area is 166 Å². The fraction of sp³-hybridized carbons (Fsp3) is 0.136. The highest BCUT2D eigenvalue weighted by atomic mass is 32.1. The van der Waals surface area contributed by atoms with E-state index in [1.807, 2.05) is 47.9 Å². The zero-order chi connectivity index (χ0) is 19.7. The summed E-state index contributed by atoms with van der Waals surface area (Å²) in [6.07, 6.45) is 2.42. The van der Waals surface area contributed by atoms with Gasteiger partial charge in [-0.25, -0.2) is 4.98 Å². The lowest BCUT2D eigenvalue weighted by molar-refractivity contribution is -0.115. The Balaban J connectivity index is 1.62. The van der Waals surface area contributed by atoms with E-state index in [0.717, 1.165) is 22.4 Å². The van der Waals surface area contributed by atoms with Crippen molar-refractivity contribution in [3.05, 3.63) is 76.3 Å². The number of ether oxygens (including phenoxy) is 1. The van der Waals surface area contributed by atoms with Gasteiger partial charge in [0.1, 0.15) is 5.75 Å². The molecule has 28 heavy (non-hydrogen) atoms. The van der Waals surface area contributed by atoms with Crippen LogP contribution in [0, 0.1) is 0 Å². The quantitative estimate of drug-likeness (QED) is 0.608. The van der Waals surface area contributed by atoms with Crippen LogP contribution < -0.4 is 9.64 Å². The topological polar surface area (TPSA) is 59.5 Å². The Morgan fingerprint density at radius 3 is 2.61 bits per heavy atom. The number of Topliss-reactive ketones (excluding diaryl/α,β-unsaturated/α-hetero) is 1. The fourth-order valence-electron chi connectivity index (χ4n) is 3.25. The lowest BCUT2D eigenvalue weighted by atomic mass is 10.1. The molecule has 3 aromatic rings. The lowest BCUT2D eigenvalue weighted by Gasteiger charge is -2.18. The van der Waals surface area contributed by atoms with E-state index in [0.29, 0.717) is 22.9 Å². The van der Waals surface area contributed by atoms with Crippen molar-refractivity contribution in [2.24, 2.45) is 0 Å². The van der Waals surface area contributed by atoms with Crippen LogP contribution in [0.4, 0.5) is 10.8 Å². The number of benzene rings is 2. The van der Waals surface area contributed by atoms with Crippen LogP contribution in [-0.4, -0.2) is 23.8 Å². The van der Waals surface area contributed by atoms with Gasteiger partial charge >= 0.3 is 0 Å². The van der Waals surface area contributed by atoms with Crippen LogP contribution in [0.15, 0.2) is 59.5 Å². The number of nitrogens with zero attached hydrogens (tertiary/aromatic N) is 2. The van der Waals surface area contributed by atoms with Crippen LogP contribution in [0.3, 0.4) is 0 Å². The first kappa shape index (κ1) is 18.1. The molecule has 1 aromatic heterocycles. The van der Waals surface area contributed by atoms with Crippen molar-refractivity contribution in [1.82, 2.24) is 4.98 Å². The van der Waals surface area contributed by atoms with E-state index in [2.05, 4.69) is 4.98 Å². The molecule has 4 rings (SSSR count). The van der Waals surface area contributed by atoms with Gasteiger partial charge in [0.2, 0.25) is 5.91 Å². The highest BCUT2D eigenvalue weighted by Gasteiger charge is 2.24. The largest absolute Gasteiger partial charge is 0.497 e. The highest BCUT2D eigenvalue weighted by molar-refractivity contribution is 7.14. The number of anilines is 2. The van der Waals surface area contributed by atoms with Crippen LogP contribution >= 0.6 is 11.3 Å². The Morgan fingerprint density at radius 1 is 1.18 bits per heavy atom. The van der Waals surface area contributed by atoms with E-state index in [1.54, 1.807) is 24.1 Å². The molecule has 0 saturated heterocycles. The number of aromatic nitrogens is 1. The second-order valence-corrected chi connectivity index (χ2v) is 7.28. The number of hydrogen-bond donors (Lipinski definition) is 0. The summed E-state index contributed by atoms with van der Waals surface area (Å²) in [5.74, 6) is 0.628. The predicted molar refractivity (Wildman–Crippen MR) is 110 cm³/mol. The second kappa shape index (κ2) is 7.40. The van der Waals surface area contributed by atoms with Gasteiger partial charge in [-0.15, -0.1) is 11.3 Å². The number of methoxy groups -OCH3 is 1. The first-order valence-corrected chi connectivity index (χ1v) is 9.68. The standard InChI is InChI=1S/C22H18N2O3S/c1-14(25)24(18-7-9-19(27-2)10-8-18)22-23-17(13-28-22)12-16-11-15-5-3-4-6-20(15)21(16)26/h3-10,12-13H,11H2,1-2H3/b16-12+. The predicted octanol–water partition coefficient (Wildman–Crippen LogP) is 4.66. The average molecular weight is 390 g/mol. The molecule has 2 aromatic carbocycles. The van der Waals surface area contributed by atoms with Gasteiger partial charge in [-0.05, 0) is 35.9 Å². The third-order valence-corrected chi connectivity index (χ3v) is 5.45. The summed E-state index contributed by atoms with van der Waals surface area (Å²) in [6, 6.07) is 14.9. The van der Waals surface area contributed by atoms with Gasteiger partial charge in [-0.3, -0.25) is 14.5 Å². The van der Waals surface area contributed by atoms with Crippen molar-refractivity contribution in [2.75, 3.05) is 12.0 Å². The van der Waals surface area contributed by atoms with Crippen molar-refractivity contribution < 1.29 is 14.3 Å². The van der Waals surface area contributed by atoms with E-state index in [9.17, 15) is 9.59 Å². The number of thiazole rings is 1. The first-order valence-electron chi connectivity index (χ1n) is 8.80. The summed E-state index contributed by atoms with van der Waals surface area (Å²) >= 11 is 1.37. The molecule has 6 heteroatoms. The van der Waals surface area contributed by atoms with Crippen molar-refractivity contribution >= 4 is 39.9 Å².